The predicted molar refractivity (Wildman–Crippen MR) is 90.2 cm³/mol. The summed E-state index contributed by atoms with van der Waals surface area (Å²) < 4.78 is 5.32. The van der Waals surface area contributed by atoms with Crippen LogP contribution in [0.5, 0.6) is 5.75 Å². The molecule has 0 unspecified atom stereocenters. The number of carbonyl (C=O) groups excluding carboxylic acids is 3. The van der Waals surface area contributed by atoms with E-state index < -0.39 is 11.9 Å². The first-order chi connectivity index (χ1) is 11.3. The largest absolute Gasteiger partial charge is 0.493 e. The zero-order valence-electron chi connectivity index (χ0n) is 13.9. The molecule has 24 heavy (non-hydrogen) atoms. The van der Waals surface area contributed by atoms with E-state index in [0.29, 0.717) is 11.4 Å². The number of nitrogens with one attached hydrogen (secondary N) is 2. The van der Waals surface area contributed by atoms with Gasteiger partial charge in [0.25, 0.3) is 0 Å². The second kappa shape index (κ2) is 9.51. The average Bonchev–Trinajstić information content (AvgIpc) is 2.53. The van der Waals surface area contributed by atoms with E-state index in [9.17, 15) is 14.4 Å². The minimum absolute atomic E-state index is 0.00447. The minimum atomic E-state index is -0.644. The van der Waals surface area contributed by atoms with Crippen LogP contribution < -0.4 is 26.8 Å². The molecule has 8 nitrogen and oxygen atoms in total. The molecule has 3 amide bonds. The maximum Gasteiger partial charge on any atom is 0.243 e. The Morgan fingerprint density at radius 2 is 1.79 bits per heavy atom. The van der Waals surface area contributed by atoms with E-state index in [1.54, 1.807) is 24.3 Å². The highest BCUT2D eigenvalue weighted by Gasteiger charge is 2.17. The van der Waals surface area contributed by atoms with E-state index in [1.807, 2.05) is 13.8 Å². The van der Waals surface area contributed by atoms with Crippen LogP contribution >= 0.6 is 0 Å². The Labute approximate surface area is 140 Å². The molecule has 0 heterocycles. The highest BCUT2D eigenvalue weighted by Crippen LogP contribution is 2.15. The fourth-order valence-corrected chi connectivity index (χ4v) is 1.70. The summed E-state index contributed by atoms with van der Waals surface area (Å²) >= 11 is 0. The number of ether oxygens (including phenoxy) is 1. The van der Waals surface area contributed by atoms with Crippen molar-refractivity contribution in [2.45, 2.75) is 26.3 Å². The number of primary amides is 1. The van der Waals surface area contributed by atoms with Gasteiger partial charge in [0, 0.05) is 5.69 Å². The van der Waals surface area contributed by atoms with Crippen LogP contribution in [0.25, 0.3) is 0 Å². The van der Waals surface area contributed by atoms with E-state index >= 15 is 0 Å². The molecule has 0 aliphatic rings. The Morgan fingerprint density at radius 1 is 1.17 bits per heavy atom. The Bertz CT molecular complexity index is 572. The van der Waals surface area contributed by atoms with Crippen LogP contribution in [0.2, 0.25) is 0 Å². The summed E-state index contributed by atoms with van der Waals surface area (Å²) in [6.45, 7) is 3.70. The fourth-order valence-electron chi connectivity index (χ4n) is 1.70. The van der Waals surface area contributed by atoms with Gasteiger partial charge in [0.15, 0.2) is 0 Å². The highest BCUT2D eigenvalue weighted by molar-refractivity contribution is 5.95. The summed E-state index contributed by atoms with van der Waals surface area (Å²) in [4.78, 5) is 34.1. The molecule has 0 saturated carbocycles. The molecule has 0 saturated heterocycles. The first kappa shape index (κ1) is 19.4. The third kappa shape index (κ3) is 7.10. The van der Waals surface area contributed by atoms with Crippen molar-refractivity contribution in [1.82, 2.24) is 5.32 Å². The van der Waals surface area contributed by atoms with Crippen LogP contribution in [0, 0.1) is 5.92 Å². The SMILES string of the molecule is CC(C)[C@H](N)C(=O)NCC(=O)Nc1ccc(OCCC(N)=O)cc1. The van der Waals surface area contributed by atoms with Crippen molar-refractivity contribution in [3.63, 3.8) is 0 Å². The summed E-state index contributed by atoms with van der Waals surface area (Å²) in [6.07, 6.45) is 0.136. The second-order valence-electron chi connectivity index (χ2n) is 5.62. The molecule has 0 spiro atoms. The van der Waals surface area contributed by atoms with Crippen LogP contribution in [0.4, 0.5) is 5.69 Å². The van der Waals surface area contributed by atoms with Gasteiger partial charge in [0.1, 0.15) is 5.75 Å². The van der Waals surface area contributed by atoms with Crippen molar-refractivity contribution >= 4 is 23.4 Å². The summed E-state index contributed by atoms with van der Waals surface area (Å²) in [6, 6.07) is 5.97. The van der Waals surface area contributed by atoms with Crippen molar-refractivity contribution in [2.75, 3.05) is 18.5 Å². The van der Waals surface area contributed by atoms with Crippen LogP contribution in [0.15, 0.2) is 24.3 Å². The van der Waals surface area contributed by atoms with E-state index in [-0.39, 0.29) is 37.3 Å². The van der Waals surface area contributed by atoms with E-state index in [1.165, 1.54) is 0 Å². The molecule has 132 valence electrons. The maximum absolute atomic E-state index is 11.8. The summed E-state index contributed by atoms with van der Waals surface area (Å²) in [5.41, 5.74) is 11.3. The van der Waals surface area contributed by atoms with Gasteiger partial charge in [0.05, 0.1) is 25.6 Å². The van der Waals surface area contributed by atoms with E-state index in [4.69, 9.17) is 16.2 Å². The smallest absolute Gasteiger partial charge is 0.243 e. The predicted octanol–water partition coefficient (Wildman–Crippen LogP) is -0.0212. The molecular weight excluding hydrogens is 312 g/mol. The molecular formula is C16H24N4O4. The molecule has 0 aromatic heterocycles. The topological polar surface area (TPSA) is 137 Å². The Kier molecular flexibility index (Phi) is 7.70. The second-order valence-corrected chi connectivity index (χ2v) is 5.62. The van der Waals surface area contributed by atoms with Crippen LogP contribution in [-0.2, 0) is 14.4 Å². The number of hydrogen-bond donors (Lipinski definition) is 4. The number of nitrogens with two attached hydrogens (primary N) is 2. The van der Waals surface area contributed by atoms with Gasteiger partial charge in [-0.25, -0.2) is 0 Å². The van der Waals surface area contributed by atoms with Crippen LogP contribution in [0.1, 0.15) is 20.3 Å². The lowest BCUT2D eigenvalue weighted by Gasteiger charge is -2.15. The average molecular weight is 336 g/mol. The molecule has 0 fully saturated rings. The standard InChI is InChI=1S/C16H24N4O4/c1-10(2)15(18)16(23)19-9-14(22)20-11-3-5-12(6-4-11)24-8-7-13(17)21/h3-6,10,15H,7-9,18H2,1-2H3,(H2,17,21)(H,19,23)(H,20,22)/t15-/m0/s1. The molecule has 0 aliphatic carbocycles. The molecule has 6 N–H and O–H groups in total. The molecule has 1 atom stereocenters. The lowest BCUT2D eigenvalue weighted by molar-refractivity contribution is -0.125. The minimum Gasteiger partial charge on any atom is -0.493 e. The molecule has 0 aliphatic heterocycles. The van der Waals surface area contributed by atoms with Gasteiger partial charge in [-0.3, -0.25) is 14.4 Å². The number of benzene rings is 1. The van der Waals surface area contributed by atoms with Gasteiger partial charge in [-0.15, -0.1) is 0 Å². The number of carbonyl (C=O) groups is 3. The van der Waals surface area contributed by atoms with Gasteiger partial charge >= 0.3 is 0 Å². The maximum atomic E-state index is 11.8. The zero-order valence-corrected chi connectivity index (χ0v) is 13.9. The van der Waals surface area contributed by atoms with Gasteiger partial charge in [0.2, 0.25) is 17.7 Å². The third-order valence-electron chi connectivity index (χ3n) is 3.20. The van der Waals surface area contributed by atoms with Crippen LogP contribution in [-0.4, -0.2) is 36.9 Å². The van der Waals surface area contributed by atoms with E-state index in [0.717, 1.165) is 0 Å². The van der Waals surface area contributed by atoms with Gasteiger partial charge in [-0.1, -0.05) is 13.8 Å². The number of hydrogen-bond acceptors (Lipinski definition) is 5. The molecule has 0 radical (unpaired) electrons. The van der Waals surface area contributed by atoms with E-state index in [2.05, 4.69) is 10.6 Å². The quantitative estimate of drug-likeness (QED) is 0.502. The number of rotatable bonds is 9. The lowest BCUT2D eigenvalue weighted by Crippen LogP contribution is -2.46. The fraction of sp³-hybridized carbons (Fsp3) is 0.438. The molecule has 1 aromatic carbocycles. The molecule has 0 bridgehead atoms. The highest BCUT2D eigenvalue weighted by atomic mass is 16.5. The molecule has 8 heteroatoms. The molecule has 1 rings (SSSR count). The normalized spacial score (nSPS) is 11.7. The van der Waals surface area contributed by atoms with Crippen LogP contribution in [0.3, 0.4) is 0 Å². The summed E-state index contributed by atoms with van der Waals surface area (Å²) in [5, 5.41) is 5.13. The van der Waals surface area contributed by atoms with Gasteiger partial charge < -0.3 is 26.8 Å². The van der Waals surface area contributed by atoms with Gasteiger partial charge in [-0.2, -0.15) is 0 Å². The zero-order chi connectivity index (χ0) is 18.1. The summed E-state index contributed by atoms with van der Waals surface area (Å²) in [5.74, 6) is -0.598. The van der Waals surface area contributed by atoms with Crippen molar-refractivity contribution in [3.8, 4) is 5.75 Å². The Balaban J connectivity index is 2.39. The van der Waals surface area contributed by atoms with Crippen molar-refractivity contribution < 1.29 is 19.1 Å². The monoisotopic (exact) mass is 336 g/mol. The van der Waals surface area contributed by atoms with Crippen molar-refractivity contribution in [2.24, 2.45) is 17.4 Å². The van der Waals surface area contributed by atoms with Crippen molar-refractivity contribution in [1.29, 1.82) is 0 Å². The number of anilines is 1. The lowest BCUT2D eigenvalue weighted by atomic mass is 10.1. The Morgan fingerprint density at radius 3 is 2.33 bits per heavy atom. The van der Waals surface area contributed by atoms with Crippen molar-refractivity contribution in [3.05, 3.63) is 24.3 Å². The third-order valence-corrected chi connectivity index (χ3v) is 3.20. The number of amides is 3. The first-order valence-electron chi connectivity index (χ1n) is 7.64. The van der Waals surface area contributed by atoms with Gasteiger partial charge in [-0.05, 0) is 30.2 Å². The summed E-state index contributed by atoms with van der Waals surface area (Å²) in [7, 11) is 0. The Hall–Kier alpha value is -2.61. The first-order valence-corrected chi connectivity index (χ1v) is 7.64. The molecule has 1 aromatic rings.